The molecule has 1 saturated carbocycles. The van der Waals surface area contributed by atoms with Crippen molar-refractivity contribution < 1.29 is 14.6 Å². The summed E-state index contributed by atoms with van der Waals surface area (Å²) in [6, 6.07) is 0.561. The second kappa shape index (κ2) is 6.63. The van der Waals surface area contributed by atoms with Crippen LogP contribution in [0.3, 0.4) is 0 Å². The van der Waals surface area contributed by atoms with Crippen molar-refractivity contribution >= 4 is 5.97 Å². The predicted octanol–water partition coefficient (Wildman–Crippen LogP) is 1.30. The molecule has 2 fully saturated rings. The van der Waals surface area contributed by atoms with Gasteiger partial charge in [0.25, 0.3) is 0 Å². The molecule has 0 aromatic rings. The number of carbonyl (C=O) groups excluding carboxylic acids is 1. The van der Waals surface area contributed by atoms with Crippen LogP contribution >= 0.6 is 0 Å². The summed E-state index contributed by atoms with van der Waals surface area (Å²) in [6.07, 6.45) is 3.46. The summed E-state index contributed by atoms with van der Waals surface area (Å²) in [5.41, 5.74) is -1.35. The molecular weight excluding hydrogens is 268 g/mol. The highest BCUT2D eigenvalue weighted by Gasteiger charge is 2.38. The molecule has 5 nitrogen and oxygen atoms in total. The van der Waals surface area contributed by atoms with Crippen molar-refractivity contribution in [3.05, 3.63) is 0 Å². The Morgan fingerprint density at radius 2 is 1.86 bits per heavy atom. The fraction of sp³-hybridized carbons (Fsp3) is 0.938. The van der Waals surface area contributed by atoms with Crippen molar-refractivity contribution in [2.75, 3.05) is 26.2 Å². The van der Waals surface area contributed by atoms with Gasteiger partial charge in [-0.2, -0.15) is 0 Å². The van der Waals surface area contributed by atoms with Gasteiger partial charge in [-0.05, 0) is 46.5 Å². The van der Waals surface area contributed by atoms with Crippen LogP contribution in [0.2, 0.25) is 0 Å². The molecule has 1 aliphatic carbocycles. The highest BCUT2D eigenvalue weighted by molar-refractivity contribution is 5.71. The Balaban J connectivity index is 1.79. The highest BCUT2D eigenvalue weighted by Crippen LogP contribution is 2.34. The van der Waals surface area contributed by atoms with Gasteiger partial charge in [0.2, 0.25) is 0 Å². The first-order valence-electron chi connectivity index (χ1n) is 8.16. The number of ether oxygens (including phenoxy) is 1. The van der Waals surface area contributed by atoms with E-state index >= 15 is 0 Å². The van der Waals surface area contributed by atoms with Gasteiger partial charge in [-0.3, -0.25) is 9.69 Å². The standard InChI is InChI=1S/C16H30N2O3/c1-15(2,3)21-14(19)12-16(20)6-4-13(5-7-16)18-10-8-17-9-11-18/h13,17,20H,4-12H2,1-3H3. The summed E-state index contributed by atoms with van der Waals surface area (Å²) in [4.78, 5) is 14.4. The highest BCUT2D eigenvalue weighted by atomic mass is 16.6. The summed E-state index contributed by atoms with van der Waals surface area (Å²) in [5.74, 6) is -0.286. The molecule has 5 heteroatoms. The van der Waals surface area contributed by atoms with Gasteiger partial charge in [-0.25, -0.2) is 0 Å². The Bertz CT molecular complexity index is 351. The van der Waals surface area contributed by atoms with Gasteiger partial charge in [-0.1, -0.05) is 0 Å². The summed E-state index contributed by atoms with van der Waals surface area (Å²) in [7, 11) is 0. The van der Waals surface area contributed by atoms with Crippen molar-refractivity contribution in [1.29, 1.82) is 0 Å². The zero-order chi connectivity index (χ0) is 15.5. The van der Waals surface area contributed by atoms with Gasteiger partial charge >= 0.3 is 5.97 Å². The lowest BCUT2D eigenvalue weighted by atomic mass is 9.79. The normalized spacial score (nSPS) is 31.9. The van der Waals surface area contributed by atoms with E-state index in [2.05, 4.69) is 10.2 Å². The molecular formula is C16H30N2O3. The second-order valence-corrected chi connectivity index (χ2v) is 7.50. The zero-order valence-corrected chi connectivity index (χ0v) is 13.7. The fourth-order valence-electron chi connectivity index (χ4n) is 3.38. The van der Waals surface area contributed by atoms with Crippen LogP contribution in [0.1, 0.15) is 52.9 Å². The van der Waals surface area contributed by atoms with Crippen molar-refractivity contribution in [2.45, 2.75) is 70.1 Å². The average Bonchev–Trinajstić information content (AvgIpc) is 2.37. The summed E-state index contributed by atoms with van der Waals surface area (Å²) < 4.78 is 5.33. The predicted molar refractivity (Wildman–Crippen MR) is 82.1 cm³/mol. The third-order valence-electron chi connectivity index (χ3n) is 4.45. The minimum Gasteiger partial charge on any atom is -0.460 e. The quantitative estimate of drug-likeness (QED) is 0.769. The molecule has 1 aliphatic heterocycles. The number of piperazine rings is 1. The van der Waals surface area contributed by atoms with Crippen molar-refractivity contribution in [1.82, 2.24) is 10.2 Å². The maximum Gasteiger partial charge on any atom is 0.309 e. The van der Waals surface area contributed by atoms with Crippen LogP contribution in [0.4, 0.5) is 0 Å². The number of hydrogen-bond donors (Lipinski definition) is 2. The molecule has 21 heavy (non-hydrogen) atoms. The van der Waals surface area contributed by atoms with Gasteiger partial charge in [-0.15, -0.1) is 0 Å². The molecule has 0 spiro atoms. The second-order valence-electron chi connectivity index (χ2n) is 7.50. The lowest BCUT2D eigenvalue weighted by Gasteiger charge is -2.42. The van der Waals surface area contributed by atoms with E-state index in [0.717, 1.165) is 39.0 Å². The Morgan fingerprint density at radius 1 is 1.29 bits per heavy atom. The first-order chi connectivity index (χ1) is 9.77. The molecule has 122 valence electrons. The van der Waals surface area contributed by atoms with Crippen molar-refractivity contribution in [3.8, 4) is 0 Å². The van der Waals surface area contributed by atoms with Gasteiger partial charge in [0.1, 0.15) is 5.60 Å². The van der Waals surface area contributed by atoms with Crippen LogP contribution in [0.15, 0.2) is 0 Å². The number of hydrogen-bond acceptors (Lipinski definition) is 5. The van der Waals surface area contributed by atoms with Crippen LogP contribution in [0, 0.1) is 0 Å². The zero-order valence-electron chi connectivity index (χ0n) is 13.7. The molecule has 1 heterocycles. The Morgan fingerprint density at radius 3 is 2.38 bits per heavy atom. The molecule has 2 N–H and O–H groups in total. The molecule has 0 aromatic heterocycles. The van der Waals surface area contributed by atoms with Crippen molar-refractivity contribution in [3.63, 3.8) is 0 Å². The lowest BCUT2D eigenvalue weighted by molar-refractivity contribution is -0.162. The van der Waals surface area contributed by atoms with E-state index in [9.17, 15) is 9.90 Å². The van der Waals surface area contributed by atoms with E-state index in [4.69, 9.17) is 4.74 Å². The van der Waals surface area contributed by atoms with E-state index in [1.54, 1.807) is 0 Å². The van der Waals surface area contributed by atoms with Crippen LogP contribution in [-0.4, -0.2) is 59.4 Å². The molecule has 0 radical (unpaired) electrons. The monoisotopic (exact) mass is 298 g/mol. The third kappa shape index (κ3) is 5.24. The first-order valence-corrected chi connectivity index (χ1v) is 8.16. The fourth-order valence-corrected chi connectivity index (χ4v) is 3.38. The van der Waals surface area contributed by atoms with E-state index in [1.165, 1.54) is 0 Å². The molecule has 1 saturated heterocycles. The van der Waals surface area contributed by atoms with E-state index < -0.39 is 11.2 Å². The third-order valence-corrected chi connectivity index (χ3v) is 4.45. The smallest absolute Gasteiger partial charge is 0.309 e. The summed E-state index contributed by atoms with van der Waals surface area (Å²) in [5, 5.41) is 14.0. The number of nitrogens with zero attached hydrogens (tertiary/aromatic N) is 1. The number of carbonyl (C=O) groups is 1. The minimum atomic E-state index is -0.868. The van der Waals surface area contributed by atoms with Crippen LogP contribution in [0.5, 0.6) is 0 Å². The van der Waals surface area contributed by atoms with Crippen LogP contribution in [0.25, 0.3) is 0 Å². The molecule has 0 amide bonds. The topological polar surface area (TPSA) is 61.8 Å². The lowest BCUT2D eigenvalue weighted by Crippen LogP contribution is -2.51. The largest absolute Gasteiger partial charge is 0.460 e. The van der Waals surface area contributed by atoms with E-state index in [0.29, 0.717) is 18.9 Å². The maximum absolute atomic E-state index is 11.9. The maximum atomic E-state index is 11.9. The van der Waals surface area contributed by atoms with Gasteiger partial charge in [0.05, 0.1) is 12.0 Å². The SMILES string of the molecule is CC(C)(C)OC(=O)CC1(O)CCC(N2CCNCC2)CC1. The molecule has 2 aliphatic rings. The minimum absolute atomic E-state index is 0.124. The Kier molecular flexibility index (Phi) is 5.28. The average molecular weight is 298 g/mol. The number of nitrogens with one attached hydrogen (secondary N) is 1. The Hall–Kier alpha value is -0.650. The summed E-state index contributed by atoms with van der Waals surface area (Å²) in [6.45, 7) is 9.87. The van der Waals surface area contributed by atoms with Gasteiger partial charge in [0.15, 0.2) is 0 Å². The number of esters is 1. The Labute approximate surface area is 128 Å². The molecule has 0 aromatic carbocycles. The number of rotatable bonds is 3. The van der Waals surface area contributed by atoms with Crippen LogP contribution in [-0.2, 0) is 9.53 Å². The number of aliphatic hydroxyl groups is 1. The van der Waals surface area contributed by atoms with Gasteiger partial charge in [0, 0.05) is 32.2 Å². The molecule has 0 unspecified atom stereocenters. The summed E-state index contributed by atoms with van der Waals surface area (Å²) >= 11 is 0. The van der Waals surface area contributed by atoms with E-state index in [-0.39, 0.29) is 12.4 Å². The van der Waals surface area contributed by atoms with Crippen molar-refractivity contribution in [2.24, 2.45) is 0 Å². The molecule has 0 atom stereocenters. The molecule has 2 rings (SSSR count). The van der Waals surface area contributed by atoms with Gasteiger partial charge < -0.3 is 15.2 Å². The first kappa shape index (κ1) is 16.7. The van der Waals surface area contributed by atoms with E-state index in [1.807, 2.05) is 20.8 Å². The van der Waals surface area contributed by atoms with Crippen LogP contribution < -0.4 is 5.32 Å². The molecule has 0 bridgehead atoms.